The van der Waals surface area contributed by atoms with E-state index in [1.165, 1.54) is 4.90 Å². The van der Waals surface area contributed by atoms with Gasteiger partial charge in [-0.1, -0.05) is 26.0 Å². The zero-order chi connectivity index (χ0) is 15.6. The number of benzene rings is 1. The van der Waals surface area contributed by atoms with Crippen LogP contribution in [-0.2, 0) is 4.79 Å². The smallest absolute Gasteiger partial charge is 0.303 e. The van der Waals surface area contributed by atoms with Gasteiger partial charge in [-0.15, -0.1) is 0 Å². The van der Waals surface area contributed by atoms with E-state index in [0.29, 0.717) is 23.5 Å². The third-order valence-corrected chi connectivity index (χ3v) is 3.59. The number of fused-ring (bicyclic) bond motifs is 1. The van der Waals surface area contributed by atoms with Gasteiger partial charge in [0.2, 0.25) is 0 Å². The Morgan fingerprint density at radius 1 is 1.14 bits per heavy atom. The van der Waals surface area contributed by atoms with Crippen molar-refractivity contribution in [3.8, 4) is 0 Å². The average Bonchev–Trinajstić information content (AvgIpc) is 2.63. The van der Waals surface area contributed by atoms with Crippen LogP contribution in [0, 0.1) is 11.8 Å². The molecule has 5 heteroatoms. The average molecular weight is 289 g/mol. The van der Waals surface area contributed by atoms with Crippen molar-refractivity contribution in [3.05, 3.63) is 35.4 Å². The van der Waals surface area contributed by atoms with E-state index in [4.69, 9.17) is 5.11 Å². The minimum atomic E-state index is -0.905. The number of hydrogen-bond donors (Lipinski definition) is 1. The van der Waals surface area contributed by atoms with E-state index in [0.717, 1.165) is 0 Å². The molecule has 1 aromatic rings. The van der Waals surface area contributed by atoms with Crippen LogP contribution in [0.5, 0.6) is 0 Å². The Labute approximate surface area is 123 Å². The number of carbonyl (C=O) groups is 3. The lowest BCUT2D eigenvalue weighted by atomic mass is 9.93. The van der Waals surface area contributed by atoms with Gasteiger partial charge in [-0.05, 0) is 30.4 Å². The van der Waals surface area contributed by atoms with E-state index in [1.807, 2.05) is 13.8 Å². The van der Waals surface area contributed by atoms with Crippen molar-refractivity contribution in [2.75, 3.05) is 6.54 Å². The number of rotatable bonds is 6. The molecule has 0 aromatic heterocycles. The fourth-order valence-corrected chi connectivity index (χ4v) is 2.80. The Bertz CT molecular complexity index is 544. The largest absolute Gasteiger partial charge is 0.481 e. The fraction of sp³-hybridized carbons (Fsp3) is 0.438. The molecule has 112 valence electrons. The highest BCUT2D eigenvalue weighted by molar-refractivity contribution is 6.21. The van der Waals surface area contributed by atoms with Crippen molar-refractivity contribution in [3.63, 3.8) is 0 Å². The predicted octanol–water partition coefficient (Wildman–Crippen LogP) is 2.42. The van der Waals surface area contributed by atoms with E-state index >= 15 is 0 Å². The molecule has 0 unspecified atom stereocenters. The first-order chi connectivity index (χ1) is 9.90. The van der Waals surface area contributed by atoms with Crippen molar-refractivity contribution in [1.82, 2.24) is 4.90 Å². The SMILES string of the molecule is CC(C)C[C@H](CC(=O)O)CN1C(=O)c2ccccc2C1=O. The van der Waals surface area contributed by atoms with Crippen molar-refractivity contribution >= 4 is 17.8 Å². The molecule has 0 saturated carbocycles. The van der Waals surface area contributed by atoms with Gasteiger partial charge in [0, 0.05) is 13.0 Å². The molecule has 0 aliphatic carbocycles. The van der Waals surface area contributed by atoms with Crippen LogP contribution in [0.3, 0.4) is 0 Å². The van der Waals surface area contributed by atoms with Crippen LogP contribution in [0.4, 0.5) is 0 Å². The molecule has 1 atom stereocenters. The van der Waals surface area contributed by atoms with Crippen LogP contribution < -0.4 is 0 Å². The Morgan fingerprint density at radius 2 is 1.67 bits per heavy atom. The monoisotopic (exact) mass is 289 g/mol. The maximum absolute atomic E-state index is 12.3. The molecule has 2 rings (SSSR count). The van der Waals surface area contributed by atoms with Gasteiger partial charge in [0.25, 0.3) is 11.8 Å². The summed E-state index contributed by atoms with van der Waals surface area (Å²) in [5.74, 6) is -1.46. The topological polar surface area (TPSA) is 74.7 Å². The van der Waals surface area contributed by atoms with Gasteiger partial charge in [-0.2, -0.15) is 0 Å². The Morgan fingerprint density at radius 3 is 2.10 bits per heavy atom. The van der Waals surface area contributed by atoms with Gasteiger partial charge >= 0.3 is 5.97 Å². The third-order valence-electron chi connectivity index (χ3n) is 3.59. The summed E-state index contributed by atoms with van der Waals surface area (Å²) in [6.07, 6.45) is 0.630. The van der Waals surface area contributed by atoms with Crippen LogP contribution in [0.15, 0.2) is 24.3 Å². The maximum Gasteiger partial charge on any atom is 0.303 e. The molecule has 0 bridgehead atoms. The summed E-state index contributed by atoms with van der Waals surface area (Å²) in [5.41, 5.74) is 0.808. The molecule has 2 amide bonds. The van der Waals surface area contributed by atoms with Crippen LogP contribution >= 0.6 is 0 Å². The van der Waals surface area contributed by atoms with Gasteiger partial charge in [0.05, 0.1) is 11.1 Å². The summed E-state index contributed by atoms with van der Waals surface area (Å²) in [4.78, 5) is 36.7. The molecule has 1 N–H and O–H groups in total. The number of carboxylic acid groups (broad SMARTS) is 1. The summed E-state index contributed by atoms with van der Waals surface area (Å²) in [6.45, 7) is 4.16. The van der Waals surface area contributed by atoms with E-state index in [2.05, 4.69) is 0 Å². The van der Waals surface area contributed by atoms with Gasteiger partial charge in [-0.25, -0.2) is 0 Å². The predicted molar refractivity (Wildman–Crippen MR) is 77.0 cm³/mol. The second-order valence-corrected chi connectivity index (χ2v) is 5.86. The maximum atomic E-state index is 12.3. The van der Waals surface area contributed by atoms with E-state index in [9.17, 15) is 14.4 Å². The molecule has 1 heterocycles. The zero-order valence-electron chi connectivity index (χ0n) is 12.2. The minimum Gasteiger partial charge on any atom is -0.481 e. The van der Waals surface area contributed by atoms with Crippen LogP contribution in [0.2, 0.25) is 0 Å². The lowest BCUT2D eigenvalue weighted by Gasteiger charge is -2.22. The highest BCUT2D eigenvalue weighted by atomic mass is 16.4. The third kappa shape index (κ3) is 3.29. The highest BCUT2D eigenvalue weighted by Gasteiger charge is 2.36. The van der Waals surface area contributed by atoms with Gasteiger partial charge < -0.3 is 5.11 Å². The molecule has 0 radical (unpaired) electrons. The van der Waals surface area contributed by atoms with Crippen LogP contribution in [0.1, 0.15) is 47.4 Å². The quantitative estimate of drug-likeness (QED) is 0.816. The standard InChI is InChI=1S/C16H19NO4/c1-10(2)7-11(8-14(18)19)9-17-15(20)12-5-3-4-6-13(12)16(17)21/h3-6,10-11H,7-9H2,1-2H3,(H,18,19)/t11-/m1/s1. The number of carbonyl (C=O) groups excluding carboxylic acids is 2. The first kappa shape index (κ1) is 15.2. The number of amides is 2. The Hall–Kier alpha value is -2.17. The van der Waals surface area contributed by atoms with Gasteiger partial charge in [-0.3, -0.25) is 19.3 Å². The molecule has 0 saturated heterocycles. The second-order valence-electron chi connectivity index (χ2n) is 5.86. The molecular formula is C16H19NO4. The lowest BCUT2D eigenvalue weighted by Crippen LogP contribution is -2.35. The molecule has 21 heavy (non-hydrogen) atoms. The summed E-state index contributed by atoms with van der Waals surface area (Å²) in [5, 5.41) is 8.99. The molecule has 1 aromatic carbocycles. The van der Waals surface area contributed by atoms with Crippen molar-refractivity contribution in [2.24, 2.45) is 11.8 Å². The molecule has 0 spiro atoms. The van der Waals surface area contributed by atoms with Crippen molar-refractivity contribution < 1.29 is 19.5 Å². The normalized spacial score (nSPS) is 15.5. The number of imide groups is 1. The van der Waals surface area contributed by atoms with Crippen LogP contribution in [0.25, 0.3) is 0 Å². The first-order valence-corrected chi connectivity index (χ1v) is 7.07. The molecule has 0 fully saturated rings. The number of aliphatic carboxylic acids is 1. The summed E-state index contributed by atoms with van der Waals surface area (Å²) in [7, 11) is 0. The summed E-state index contributed by atoms with van der Waals surface area (Å²) >= 11 is 0. The zero-order valence-corrected chi connectivity index (χ0v) is 12.2. The van der Waals surface area contributed by atoms with Crippen LogP contribution in [-0.4, -0.2) is 34.3 Å². The van der Waals surface area contributed by atoms with Gasteiger partial charge in [0.15, 0.2) is 0 Å². The minimum absolute atomic E-state index is 0.0361. The highest BCUT2D eigenvalue weighted by Crippen LogP contribution is 2.26. The van der Waals surface area contributed by atoms with E-state index in [1.54, 1.807) is 24.3 Å². The molecule has 1 aliphatic heterocycles. The number of nitrogens with zero attached hydrogens (tertiary/aromatic N) is 1. The fourth-order valence-electron chi connectivity index (χ4n) is 2.80. The molecule has 1 aliphatic rings. The number of carboxylic acids is 1. The lowest BCUT2D eigenvalue weighted by molar-refractivity contribution is -0.138. The second kappa shape index (κ2) is 6.08. The first-order valence-electron chi connectivity index (χ1n) is 7.07. The van der Waals surface area contributed by atoms with E-state index in [-0.39, 0.29) is 30.7 Å². The molecule has 5 nitrogen and oxygen atoms in total. The number of hydrogen-bond acceptors (Lipinski definition) is 3. The van der Waals surface area contributed by atoms with Crippen molar-refractivity contribution in [2.45, 2.75) is 26.7 Å². The Balaban J connectivity index is 2.17. The van der Waals surface area contributed by atoms with Crippen molar-refractivity contribution in [1.29, 1.82) is 0 Å². The molecular weight excluding hydrogens is 270 g/mol. The van der Waals surface area contributed by atoms with E-state index < -0.39 is 5.97 Å². The van der Waals surface area contributed by atoms with Gasteiger partial charge in [0.1, 0.15) is 0 Å². The summed E-state index contributed by atoms with van der Waals surface area (Å²) in [6, 6.07) is 6.70. The Kier molecular flexibility index (Phi) is 4.40. The summed E-state index contributed by atoms with van der Waals surface area (Å²) < 4.78 is 0.